The van der Waals surface area contributed by atoms with Crippen LogP contribution in [0.25, 0.3) is 5.57 Å². The van der Waals surface area contributed by atoms with E-state index in [9.17, 15) is 18.0 Å². The first-order valence-corrected chi connectivity index (χ1v) is 10.0. The lowest BCUT2D eigenvalue weighted by atomic mass is 10.1. The van der Waals surface area contributed by atoms with Crippen LogP contribution < -0.4 is 0 Å². The van der Waals surface area contributed by atoms with E-state index in [-0.39, 0.29) is 17.2 Å². The van der Waals surface area contributed by atoms with E-state index in [0.29, 0.717) is 5.69 Å². The molecule has 1 heterocycles. The molecule has 31 heavy (non-hydrogen) atoms. The van der Waals surface area contributed by atoms with Gasteiger partial charge in [0.15, 0.2) is 0 Å². The Balaban J connectivity index is 0.000000745. The van der Waals surface area contributed by atoms with Gasteiger partial charge in [-0.05, 0) is 42.7 Å². The Morgan fingerprint density at radius 1 is 1.03 bits per heavy atom. The zero-order chi connectivity index (χ0) is 24.0. The number of aryl methyl sites for hydroxylation is 1. The lowest BCUT2D eigenvalue weighted by Gasteiger charge is -2.11. The van der Waals surface area contributed by atoms with Gasteiger partial charge in [0.25, 0.3) is 5.91 Å². The number of allylic oxidation sites excluding steroid dienone is 2. The molecule has 170 valence electrons. The number of benzene rings is 1. The summed E-state index contributed by atoms with van der Waals surface area (Å²) in [5.74, 6) is -0.315. The van der Waals surface area contributed by atoms with Gasteiger partial charge < -0.3 is 4.90 Å². The van der Waals surface area contributed by atoms with E-state index in [2.05, 4.69) is 41.2 Å². The second-order valence-corrected chi connectivity index (χ2v) is 6.38. The van der Waals surface area contributed by atoms with Gasteiger partial charge in [0.1, 0.15) is 11.4 Å². The number of nitrogens with zero attached hydrogens (tertiary/aromatic N) is 3. The molecule has 0 spiro atoms. The van der Waals surface area contributed by atoms with Crippen molar-refractivity contribution >= 4 is 17.2 Å². The second-order valence-electron chi connectivity index (χ2n) is 6.38. The van der Waals surface area contributed by atoms with E-state index >= 15 is 0 Å². The molecule has 0 aliphatic rings. The molecule has 0 saturated carbocycles. The van der Waals surface area contributed by atoms with Crippen molar-refractivity contribution in [1.82, 2.24) is 9.88 Å². The summed E-state index contributed by atoms with van der Waals surface area (Å²) >= 11 is 0. The van der Waals surface area contributed by atoms with Crippen LogP contribution in [0.15, 0.2) is 59.6 Å². The predicted octanol–water partition coefficient (Wildman–Crippen LogP) is 6.10. The second kappa shape index (κ2) is 14.1. The van der Waals surface area contributed by atoms with Crippen LogP contribution in [0.4, 0.5) is 13.2 Å². The van der Waals surface area contributed by atoms with Crippen LogP contribution in [0.1, 0.15) is 49.4 Å². The van der Waals surface area contributed by atoms with Gasteiger partial charge in [-0.1, -0.05) is 57.2 Å². The quantitative estimate of drug-likeness (QED) is 0.545. The van der Waals surface area contributed by atoms with Crippen LogP contribution in [0.2, 0.25) is 0 Å². The molecule has 0 N–H and O–H groups in total. The molecule has 2 aromatic rings. The predicted molar refractivity (Wildman–Crippen MR) is 122 cm³/mol. The Morgan fingerprint density at radius 2 is 1.58 bits per heavy atom. The number of aliphatic imine (C=N–C) groups is 1. The number of amides is 1. The molecule has 0 bridgehead atoms. The minimum Gasteiger partial charge on any atom is -0.343 e. The molecule has 0 saturated heterocycles. The smallest absolute Gasteiger partial charge is 0.343 e. The summed E-state index contributed by atoms with van der Waals surface area (Å²) in [6.45, 7) is 7.65. The third-order valence-electron chi connectivity index (χ3n) is 3.91. The van der Waals surface area contributed by atoms with E-state index in [0.717, 1.165) is 19.5 Å². The SMILES string of the molecule is CC.CCc1ccccc1.CN=C(/C=C(\C)c1cccc(C(=O)N(C)C)n1)C(F)(F)F. The third-order valence-corrected chi connectivity index (χ3v) is 3.91. The minimum atomic E-state index is -4.52. The monoisotopic (exact) mass is 435 g/mol. The van der Waals surface area contributed by atoms with E-state index < -0.39 is 11.9 Å². The Hall–Kier alpha value is -2.96. The Labute approximate surface area is 183 Å². The van der Waals surface area contributed by atoms with Crippen LogP contribution in [0, 0.1) is 0 Å². The third kappa shape index (κ3) is 10.1. The molecule has 1 aromatic carbocycles. The van der Waals surface area contributed by atoms with Gasteiger partial charge in [-0.2, -0.15) is 13.2 Å². The Morgan fingerprint density at radius 3 is 2.00 bits per heavy atom. The first-order chi connectivity index (χ1) is 14.6. The van der Waals surface area contributed by atoms with E-state index in [4.69, 9.17) is 0 Å². The lowest BCUT2D eigenvalue weighted by Crippen LogP contribution is -2.23. The lowest BCUT2D eigenvalue weighted by molar-refractivity contribution is -0.0577. The molecule has 0 fully saturated rings. The van der Waals surface area contributed by atoms with Crippen molar-refractivity contribution in [3.05, 3.63) is 71.6 Å². The molecule has 2 rings (SSSR count). The van der Waals surface area contributed by atoms with Crippen molar-refractivity contribution < 1.29 is 18.0 Å². The molecule has 4 nitrogen and oxygen atoms in total. The molecular formula is C24H32F3N3O. The maximum absolute atomic E-state index is 12.7. The fourth-order valence-corrected chi connectivity index (χ4v) is 2.27. The van der Waals surface area contributed by atoms with E-state index in [1.54, 1.807) is 26.2 Å². The number of carbonyl (C=O) groups is 1. The van der Waals surface area contributed by atoms with Crippen molar-refractivity contribution in [2.24, 2.45) is 4.99 Å². The molecule has 1 aromatic heterocycles. The maximum Gasteiger partial charge on any atom is 0.432 e. The number of halogens is 3. The normalized spacial score (nSPS) is 11.5. The van der Waals surface area contributed by atoms with Gasteiger partial charge >= 0.3 is 6.18 Å². The van der Waals surface area contributed by atoms with Gasteiger partial charge in [-0.25, -0.2) is 4.98 Å². The van der Waals surface area contributed by atoms with E-state index in [1.165, 1.54) is 23.5 Å². The van der Waals surface area contributed by atoms with Crippen LogP contribution in [0.3, 0.4) is 0 Å². The fraction of sp³-hybridized carbons (Fsp3) is 0.375. The number of alkyl halides is 3. The molecule has 0 aliphatic heterocycles. The average molecular weight is 436 g/mol. The zero-order valence-corrected chi connectivity index (χ0v) is 19.3. The summed E-state index contributed by atoms with van der Waals surface area (Å²) < 4.78 is 38.0. The highest BCUT2D eigenvalue weighted by molar-refractivity contribution is 6.04. The van der Waals surface area contributed by atoms with Crippen LogP contribution >= 0.6 is 0 Å². The molecule has 0 radical (unpaired) electrons. The van der Waals surface area contributed by atoms with Crippen molar-refractivity contribution in [2.75, 3.05) is 21.1 Å². The molecule has 7 heteroatoms. The first-order valence-electron chi connectivity index (χ1n) is 10.0. The zero-order valence-electron chi connectivity index (χ0n) is 19.3. The Bertz CT molecular complexity index is 858. The summed E-state index contributed by atoms with van der Waals surface area (Å²) in [6, 6.07) is 15.1. The number of rotatable bonds is 4. The number of hydrogen-bond donors (Lipinski definition) is 0. The van der Waals surface area contributed by atoms with Crippen LogP contribution in [-0.4, -0.2) is 48.8 Å². The van der Waals surface area contributed by atoms with Crippen molar-refractivity contribution in [3.8, 4) is 0 Å². The summed E-state index contributed by atoms with van der Waals surface area (Å²) in [4.78, 5) is 20.4. The van der Waals surface area contributed by atoms with Crippen molar-refractivity contribution in [2.45, 2.75) is 40.3 Å². The maximum atomic E-state index is 12.7. The summed E-state index contributed by atoms with van der Waals surface area (Å²) in [7, 11) is 4.22. The molecular weight excluding hydrogens is 403 g/mol. The largest absolute Gasteiger partial charge is 0.432 e. The van der Waals surface area contributed by atoms with Gasteiger partial charge in [0, 0.05) is 21.1 Å². The summed E-state index contributed by atoms with van der Waals surface area (Å²) in [6.07, 6.45) is -2.47. The van der Waals surface area contributed by atoms with Crippen molar-refractivity contribution in [1.29, 1.82) is 0 Å². The van der Waals surface area contributed by atoms with Gasteiger partial charge in [-0.15, -0.1) is 0 Å². The van der Waals surface area contributed by atoms with Crippen molar-refractivity contribution in [3.63, 3.8) is 0 Å². The minimum absolute atomic E-state index is 0.173. The number of hydrogen-bond acceptors (Lipinski definition) is 3. The van der Waals surface area contributed by atoms with E-state index in [1.807, 2.05) is 19.9 Å². The van der Waals surface area contributed by atoms with Crippen LogP contribution in [0.5, 0.6) is 0 Å². The highest BCUT2D eigenvalue weighted by atomic mass is 19.4. The molecule has 0 unspecified atom stereocenters. The van der Waals surface area contributed by atoms with Gasteiger partial charge in [-0.3, -0.25) is 9.79 Å². The summed E-state index contributed by atoms with van der Waals surface area (Å²) in [5.41, 5.74) is 1.17. The highest BCUT2D eigenvalue weighted by Crippen LogP contribution is 2.21. The molecule has 0 atom stereocenters. The van der Waals surface area contributed by atoms with Gasteiger partial charge in [0.05, 0.1) is 5.69 Å². The van der Waals surface area contributed by atoms with Gasteiger partial charge in [0.2, 0.25) is 0 Å². The fourth-order valence-electron chi connectivity index (χ4n) is 2.27. The highest BCUT2D eigenvalue weighted by Gasteiger charge is 2.33. The molecule has 1 amide bonds. The average Bonchev–Trinajstić information content (AvgIpc) is 2.78. The standard InChI is InChI=1S/C14H16F3N3O.C8H10.C2H6/c1-9(8-12(18-2)14(15,16)17)10-6-5-7-11(19-10)13(21)20(3)4;1-2-8-6-4-3-5-7-8;1-2/h5-8H,1-4H3;3-7H,2H2,1H3;1-2H3/b9-8+,18-12?;;. The number of aromatic nitrogens is 1. The van der Waals surface area contributed by atoms with Crippen LogP contribution in [-0.2, 0) is 6.42 Å². The summed E-state index contributed by atoms with van der Waals surface area (Å²) in [5, 5.41) is 0. The topological polar surface area (TPSA) is 45.6 Å². The number of carbonyl (C=O) groups excluding carboxylic acids is 1. The molecule has 0 aliphatic carbocycles. The Kier molecular flexibility index (Phi) is 12.8. The number of pyridine rings is 1. The first kappa shape index (κ1) is 28.0.